The van der Waals surface area contributed by atoms with Crippen LogP contribution in [0.2, 0.25) is 0 Å². The first-order valence-corrected chi connectivity index (χ1v) is 17.8. The third kappa shape index (κ3) is 7.04. The molecule has 2 amide bonds. The van der Waals surface area contributed by atoms with Crippen LogP contribution in [0.5, 0.6) is 28.7 Å². The van der Waals surface area contributed by atoms with Gasteiger partial charge in [0, 0.05) is 37.7 Å². The molecule has 52 heavy (non-hydrogen) atoms. The lowest BCUT2D eigenvalue weighted by molar-refractivity contribution is 0.0758. The highest BCUT2D eigenvalue weighted by Gasteiger charge is 2.41. The van der Waals surface area contributed by atoms with Crippen molar-refractivity contribution in [1.29, 1.82) is 0 Å². The van der Waals surface area contributed by atoms with Gasteiger partial charge in [-0.1, -0.05) is 29.9 Å². The van der Waals surface area contributed by atoms with E-state index in [4.69, 9.17) is 18.9 Å². The van der Waals surface area contributed by atoms with E-state index in [0.717, 1.165) is 12.0 Å². The minimum absolute atomic E-state index is 0.0318. The first-order valence-electron chi connectivity index (χ1n) is 16.5. The molecule has 7 rings (SSSR count). The van der Waals surface area contributed by atoms with Gasteiger partial charge in [0.15, 0.2) is 23.0 Å². The van der Waals surface area contributed by atoms with Gasteiger partial charge in [-0.05, 0) is 59.7 Å². The topological polar surface area (TPSA) is 146 Å². The molecule has 13 nitrogen and oxygen atoms in total. The number of carbonyl (C=O) groups is 2. The maximum absolute atomic E-state index is 13.7. The zero-order chi connectivity index (χ0) is 36.9. The fourth-order valence-corrected chi connectivity index (χ4v) is 7.41. The van der Waals surface area contributed by atoms with Gasteiger partial charge in [-0.2, -0.15) is 8.42 Å². The molecule has 0 unspecified atom stereocenters. The molecule has 0 spiro atoms. The number of amides is 2. The first-order chi connectivity index (χ1) is 24.7. The van der Waals surface area contributed by atoms with E-state index in [0.29, 0.717) is 58.9 Å². The predicted octanol–water partition coefficient (Wildman–Crippen LogP) is 5.90. The molecule has 3 aromatic carbocycles. The molecular weight excluding hydrogens is 695 g/mol. The monoisotopic (exact) mass is 732 g/mol. The Hall–Kier alpha value is -5.44. The summed E-state index contributed by atoms with van der Waals surface area (Å²) in [7, 11) is -2.46. The van der Waals surface area contributed by atoms with Crippen molar-refractivity contribution in [3.05, 3.63) is 76.9 Å². The quantitative estimate of drug-likeness (QED) is 0.184. The van der Waals surface area contributed by atoms with E-state index < -0.39 is 10.5 Å². The minimum atomic E-state index is -5.36. The summed E-state index contributed by atoms with van der Waals surface area (Å²) in [4.78, 5) is 39.6. The van der Waals surface area contributed by atoms with Gasteiger partial charge in [-0.25, -0.2) is 0 Å². The van der Waals surface area contributed by atoms with Crippen molar-refractivity contribution in [2.75, 3.05) is 27.3 Å². The number of aliphatic imine (C=N–C) groups is 2. The molecule has 272 valence electrons. The molecule has 0 N–H and O–H groups in total. The lowest BCUT2D eigenvalue weighted by atomic mass is 9.91. The fraction of sp³-hybridized carbons (Fsp3) is 0.351. The van der Waals surface area contributed by atoms with Gasteiger partial charge in [0.2, 0.25) is 0 Å². The Kier molecular flexibility index (Phi) is 8.93. The smallest absolute Gasteiger partial charge is 0.488 e. The number of methoxy groups -OCH3 is 2. The Labute approximate surface area is 300 Å². The van der Waals surface area contributed by atoms with Gasteiger partial charge in [0.05, 0.1) is 48.8 Å². The van der Waals surface area contributed by atoms with Gasteiger partial charge in [0.1, 0.15) is 19.0 Å². The average Bonchev–Trinajstić information content (AvgIpc) is 3.56. The molecule has 0 aromatic heterocycles. The van der Waals surface area contributed by atoms with Crippen LogP contribution < -0.4 is 23.1 Å². The molecule has 4 heterocycles. The van der Waals surface area contributed by atoms with Crippen LogP contribution in [0.15, 0.2) is 64.6 Å². The SMILES string of the molecule is C=C1C[C@H]2C=Nc3cc(OCc4cc(COc5cc6c(cc5OC)C(=O)N5CC(C)(C)C[C@H]5C=N6)cc(OS(=O)(=O)F)c4)c(OC)cc3C(=O)N2C1. The van der Waals surface area contributed by atoms with E-state index in [1.54, 1.807) is 47.7 Å². The number of hydrogen-bond acceptors (Lipinski definition) is 11. The van der Waals surface area contributed by atoms with Gasteiger partial charge < -0.3 is 32.9 Å². The van der Waals surface area contributed by atoms with Crippen LogP contribution in [0.25, 0.3) is 0 Å². The third-order valence-corrected chi connectivity index (χ3v) is 9.77. The van der Waals surface area contributed by atoms with Crippen LogP contribution in [-0.4, -0.2) is 81.9 Å². The summed E-state index contributed by atoms with van der Waals surface area (Å²) < 4.78 is 64.5. The average molecular weight is 733 g/mol. The van der Waals surface area contributed by atoms with Crippen molar-refractivity contribution in [3.8, 4) is 28.7 Å². The second-order valence-electron chi connectivity index (χ2n) is 14.0. The van der Waals surface area contributed by atoms with E-state index in [1.807, 2.05) is 4.90 Å². The molecule has 0 radical (unpaired) electrons. The van der Waals surface area contributed by atoms with Crippen molar-refractivity contribution < 1.29 is 45.0 Å². The number of fused-ring (bicyclic) bond motifs is 4. The number of nitrogens with zero attached hydrogens (tertiary/aromatic N) is 4. The van der Waals surface area contributed by atoms with E-state index in [9.17, 15) is 21.9 Å². The molecule has 4 aliphatic heterocycles. The summed E-state index contributed by atoms with van der Waals surface area (Å²) >= 11 is 0. The van der Waals surface area contributed by atoms with Crippen LogP contribution >= 0.6 is 0 Å². The third-order valence-electron chi connectivity index (χ3n) is 9.38. The second kappa shape index (κ2) is 13.3. The first kappa shape index (κ1) is 35.0. The van der Waals surface area contributed by atoms with Gasteiger partial charge in [-0.15, -0.1) is 0 Å². The fourth-order valence-electron chi connectivity index (χ4n) is 7.08. The largest absolute Gasteiger partial charge is 0.493 e. The normalized spacial score (nSPS) is 20.1. The predicted molar refractivity (Wildman–Crippen MR) is 190 cm³/mol. The highest BCUT2D eigenvalue weighted by Crippen LogP contribution is 2.42. The molecule has 2 fully saturated rings. The maximum atomic E-state index is 13.7. The summed E-state index contributed by atoms with van der Waals surface area (Å²) in [5.41, 5.74) is 3.30. The molecule has 15 heteroatoms. The lowest BCUT2D eigenvalue weighted by Crippen LogP contribution is -2.36. The van der Waals surface area contributed by atoms with Gasteiger partial charge in [-0.3, -0.25) is 19.6 Å². The van der Waals surface area contributed by atoms with Crippen LogP contribution in [0.1, 0.15) is 58.5 Å². The molecule has 2 saturated heterocycles. The molecule has 3 aromatic rings. The maximum Gasteiger partial charge on any atom is 0.488 e. The summed E-state index contributed by atoms with van der Waals surface area (Å²) in [5, 5.41) is 0. The number of benzene rings is 3. The van der Waals surface area contributed by atoms with Crippen molar-refractivity contribution in [2.45, 2.75) is 52.0 Å². The lowest BCUT2D eigenvalue weighted by Gasteiger charge is -2.22. The summed E-state index contributed by atoms with van der Waals surface area (Å²) in [6.45, 7) is 9.02. The molecule has 0 saturated carbocycles. The Morgan fingerprint density at radius 1 is 0.808 bits per heavy atom. The van der Waals surface area contributed by atoms with Crippen molar-refractivity contribution >= 4 is 46.1 Å². The van der Waals surface area contributed by atoms with Crippen LogP contribution in [0, 0.1) is 5.41 Å². The number of halogens is 1. The highest BCUT2D eigenvalue weighted by atomic mass is 32.3. The van der Waals surface area contributed by atoms with E-state index in [2.05, 4.69) is 34.6 Å². The van der Waals surface area contributed by atoms with Gasteiger partial charge >= 0.3 is 10.5 Å². The minimum Gasteiger partial charge on any atom is -0.493 e. The Morgan fingerprint density at radius 3 is 1.88 bits per heavy atom. The zero-order valence-corrected chi connectivity index (χ0v) is 29.9. The number of ether oxygens (including phenoxy) is 4. The van der Waals surface area contributed by atoms with E-state index in [1.165, 1.54) is 26.4 Å². The van der Waals surface area contributed by atoms with Crippen LogP contribution in [0.3, 0.4) is 0 Å². The molecular formula is C37H37FN4O9S. The number of rotatable bonds is 10. The summed E-state index contributed by atoms with van der Waals surface area (Å²) in [5.74, 6) is 0.480. The van der Waals surface area contributed by atoms with Crippen molar-refractivity contribution in [3.63, 3.8) is 0 Å². The van der Waals surface area contributed by atoms with Crippen molar-refractivity contribution in [2.24, 2.45) is 15.4 Å². The summed E-state index contributed by atoms with van der Waals surface area (Å²) in [6, 6.07) is 10.4. The van der Waals surface area contributed by atoms with E-state index in [-0.39, 0.29) is 65.5 Å². The van der Waals surface area contributed by atoms with Gasteiger partial charge in [0.25, 0.3) is 11.8 Å². The standard InChI is InChI=1S/C37H37FN4O9S/c1-21-6-24-15-39-29-12-33(31(47-4)10-27(29)35(43)41(24)17-21)49-18-22-7-23(9-26(8-22)51-52(38,45)46)19-50-34-13-30-28(11-32(34)48-5)36(44)42-20-37(2,3)14-25(42)16-40-30/h7-13,15-16,24-25H,1,6,14,17-20H2,2-5H3/t24-,25-/m0/s1. The molecule has 4 aliphatic rings. The second-order valence-corrected chi connectivity index (χ2v) is 14.9. The molecule has 2 atom stereocenters. The number of carbonyl (C=O) groups excluding carboxylic acids is 2. The Morgan fingerprint density at radius 2 is 1.35 bits per heavy atom. The van der Waals surface area contributed by atoms with Crippen molar-refractivity contribution in [1.82, 2.24) is 9.80 Å². The Balaban J connectivity index is 1.13. The zero-order valence-electron chi connectivity index (χ0n) is 29.0. The summed E-state index contributed by atoms with van der Waals surface area (Å²) in [6.07, 6.45) is 4.92. The van der Waals surface area contributed by atoms with Crippen LogP contribution in [-0.2, 0) is 23.7 Å². The molecule has 0 aliphatic carbocycles. The van der Waals surface area contributed by atoms with Crippen LogP contribution in [0.4, 0.5) is 15.3 Å². The molecule has 0 bridgehead atoms. The number of hydrogen-bond donors (Lipinski definition) is 0. The van der Waals surface area contributed by atoms with E-state index >= 15 is 0 Å². The highest BCUT2D eigenvalue weighted by molar-refractivity contribution is 7.81. The Bertz CT molecular complexity index is 2170.